The van der Waals surface area contributed by atoms with Crippen molar-refractivity contribution in [1.82, 2.24) is 15.2 Å². The molecule has 1 aliphatic rings. The molecular formula is C16H19N3O2S. The average Bonchev–Trinajstić information content (AvgIpc) is 2.55. The van der Waals surface area contributed by atoms with Crippen molar-refractivity contribution >= 4 is 29.4 Å². The van der Waals surface area contributed by atoms with E-state index >= 15 is 0 Å². The van der Waals surface area contributed by atoms with E-state index in [4.69, 9.17) is 4.74 Å². The minimum atomic E-state index is -0.0905. The molecule has 0 unspecified atom stereocenters. The van der Waals surface area contributed by atoms with Crippen molar-refractivity contribution in [1.29, 1.82) is 0 Å². The Morgan fingerprint density at radius 1 is 1.36 bits per heavy atom. The average molecular weight is 317 g/mol. The van der Waals surface area contributed by atoms with Gasteiger partial charge in [-0.2, -0.15) is 0 Å². The molecule has 1 aromatic carbocycles. The Labute approximate surface area is 135 Å². The number of benzene rings is 1. The molecule has 0 aliphatic carbocycles. The minimum absolute atomic E-state index is 0.0905. The Kier molecular flexibility index (Phi) is 4.92. The highest BCUT2D eigenvalue weighted by Gasteiger charge is 2.11. The molecule has 1 N–H and O–H groups in total. The number of hydrogen-bond acceptors (Lipinski definition) is 5. The second-order valence-electron chi connectivity index (χ2n) is 5.28. The largest absolute Gasteiger partial charge is 0.379 e. The van der Waals surface area contributed by atoms with Crippen molar-refractivity contribution in [3.05, 3.63) is 36.0 Å². The molecule has 2 heterocycles. The number of nitrogens with one attached hydrogen (secondary N) is 1. The first-order valence-electron chi connectivity index (χ1n) is 7.40. The Hall–Kier alpha value is -1.63. The summed E-state index contributed by atoms with van der Waals surface area (Å²) in [7, 11) is 0. The first-order chi connectivity index (χ1) is 10.7. The number of morpholine rings is 1. The van der Waals surface area contributed by atoms with Crippen LogP contribution in [0.4, 0.5) is 0 Å². The molecule has 0 spiro atoms. The lowest BCUT2D eigenvalue weighted by molar-refractivity contribution is 0.0383. The maximum Gasteiger partial charge on any atom is 0.252 e. The van der Waals surface area contributed by atoms with Crippen LogP contribution >= 0.6 is 12.6 Å². The summed E-state index contributed by atoms with van der Waals surface area (Å²) in [5.74, 6) is -0.0905. The molecule has 1 fully saturated rings. The Balaban J connectivity index is 1.60. The van der Waals surface area contributed by atoms with Gasteiger partial charge in [0, 0.05) is 42.7 Å². The number of carbonyl (C=O) groups is 1. The number of pyridine rings is 1. The van der Waals surface area contributed by atoms with Gasteiger partial charge < -0.3 is 10.1 Å². The van der Waals surface area contributed by atoms with Gasteiger partial charge in [-0.15, -0.1) is 12.6 Å². The van der Waals surface area contributed by atoms with E-state index in [0.29, 0.717) is 12.1 Å². The molecule has 0 radical (unpaired) electrons. The van der Waals surface area contributed by atoms with Crippen molar-refractivity contribution in [2.45, 2.75) is 4.90 Å². The van der Waals surface area contributed by atoms with E-state index in [1.54, 1.807) is 6.20 Å². The van der Waals surface area contributed by atoms with E-state index in [0.717, 1.165) is 48.6 Å². The van der Waals surface area contributed by atoms with Crippen molar-refractivity contribution in [3.63, 3.8) is 0 Å². The number of amides is 1. The van der Waals surface area contributed by atoms with Crippen molar-refractivity contribution in [3.8, 4) is 0 Å². The second-order valence-corrected chi connectivity index (χ2v) is 5.76. The predicted molar refractivity (Wildman–Crippen MR) is 88.6 cm³/mol. The summed E-state index contributed by atoms with van der Waals surface area (Å²) in [6.07, 6.45) is 1.60. The van der Waals surface area contributed by atoms with Gasteiger partial charge in [0.1, 0.15) is 0 Å². The molecule has 6 heteroatoms. The van der Waals surface area contributed by atoms with Crippen LogP contribution in [0.25, 0.3) is 10.9 Å². The summed E-state index contributed by atoms with van der Waals surface area (Å²) in [6, 6.07) is 7.59. The van der Waals surface area contributed by atoms with Crippen molar-refractivity contribution in [2.75, 3.05) is 39.4 Å². The first-order valence-corrected chi connectivity index (χ1v) is 7.85. The van der Waals surface area contributed by atoms with E-state index in [1.165, 1.54) is 0 Å². The van der Waals surface area contributed by atoms with E-state index in [1.807, 2.05) is 24.3 Å². The highest BCUT2D eigenvalue weighted by Crippen LogP contribution is 2.20. The minimum Gasteiger partial charge on any atom is -0.379 e. The lowest BCUT2D eigenvalue weighted by Crippen LogP contribution is -2.41. The number of hydrogen-bond donors (Lipinski definition) is 2. The van der Waals surface area contributed by atoms with Gasteiger partial charge in [-0.05, 0) is 12.1 Å². The van der Waals surface area contributed by atoms with Crippen LogP contribution in [0.2, 0.25) is 0 Å². The van der Waals surface area contributed by atoms with Crippen molar-refractivity contribution < 1.29 is 9.53 Å². The van der Waals surface area contributed by atoms with E-state index in [2.05, 4.69) is 27.8 Å². The third kappa shape index (κ3) is 3.58. The number of aromatic nitrogens is 1. The number of fused-ring (bicyclic) bond motifs is 1. The second kappa shape index (κ2) is 7.09. The van der Waals surface area contributed by atoms with Crippen LogP contribution in [-0.2, 0) is 4.74 Å². The van der Waals surface area contributed by atoms with E-state index in [9.17, 15) is 4.79 Å². The lowest BCUT2D eigenvalue weighted by Gasteiger charge is -2.26. The first kappa shape index (κ1) is 15.3. The maximum absolute atomic E-state index is 12.2. The van der Waals surface area contributed by atoms with Crippen LogP contribution in [0.3, 0.4) is 0 Å². The summed E-state index contributed by atoms with van der Waals surface area (Å²) >= 11 is 4.37. The summed E-state index contributed by atoms with van der Waals surface area (Å²) < 4.78 is 5.30. The van der Waals surface area contributed by atoms with Gasteiger partial charge >= 0.3 is 0 Å². The number of para-hydroxylation sites is 1. The number of thiol groups is 1. The molecule has 1 saturated heterocycles. The van der Waals surface area contributed by atoms with Crippen LogP contribution in [0.1, 0.15) is 10.4 Å². The molecule has 22 heavy (non-hydrogen) atoms. The zero-order valence-corrected chi connectivity index (χ0v) is 13.2. The summed E-state index contributed by atoms with van der Waals surface area (Å²) in [5, 5.41) is 3.87. The van der Waals surface area contributed by atoms with E-state index in [-0.39, 0.29) is 5.91 Å². The van der Waals surface area contributed by atoms with Gasteiger partial charge in [0.2, 0.25) is 0 Å². The molecule has 1 amide bonds. The van der Waals surface area contributed by atoms with Crippen LogP contribution in [0.5, 0.6) is 0 Å². The zero-order valence-electron chi connectivity index (χ0n) is 12.3. The van der Waals surface area contributed by atoms with Gasteiger partial charge in [-0.1, -0.05) is 12.1 Å². The topological polar surface area (TPSA) is 54.5 Å². The van der Waals surface area contributed by atoms with Crippen LogP contribution in [0.15, 0.2) is 35.4 Å². The fraction of sp³-hybridized carbons (Fsp3) is 0.375. The monoisotopic (exact) mass is 317 g/mol. The molecular weight excluding hydrogens is 298 g/mol. The molecule has 2 aromatic rings. The standard InChI is InChI=1S/C16H19N3O2S/c20-16(17-4-5-19-6-8-21-9-7-19)13-10-12-2-1-3-14(22)15(12)18-11-13/h1-3,10-11,22H,4-9H2,(H,17,20). The van der Waals surface area contributed by atoms with Crippen LogP contribution in [-0.4, -0.2) is 55.2 Å². The molecule has 3 rings (SSSR count). The van der Waals surface area contributed by atoms with Gasteiger partial charge in [0.15, 0.2) is 0 Å². The summed E-state index contributed by atoms with van der Waals surface area (Å²) in [4.78, 5) is 19.6. The zero-order chi connectivity index (χ0) is 15.4. The number of carbonyl (C=O) groups excluding carboxylic acids is 1. The summed E-state index contributed by atoms with van der Waals surface area (Å²) in [5.41, 5.74) is 1.39. The quantitative estimate of drug-likeness (QED) is 0.841. The normalized spacial score (nSPS) is 15.9. The third-order valence-electron chi connectivity index (χ3n) is 3.77. The summed E-state index contributed by atoms with van der Waals surface area (Å²) in [6.45, 7) is 4.87. The number of ether oxygens (including phenoxy) is 1. The van der Waals surface area contributed by atoms with Gasteiger partial charge in [0.05, 0.1) is 24.3 Å². The molecule has 116 valence electrons. The molecule has 5 nitrogen and oxygen atoms in total. The van der Waals surface area contributed by atoms with Crippen LogP contribution < -0.4 is 5.32 Å². The van der Waals surface area contributed by atoms with Crippen LogP contribution in [0, 0.1) is 0 Å². The molecule has 0 saturated carbocycles. The maximum atomic E-state index is 12.2. The molecule has 0 atom stereocenters. The highest BCUT2D eigenvalue weighted by molar-refractivity contribution is 7.80. The van der Waals surface area contributed by atoms with Gasteiger partial charge in [-0.25, -0.2) is 0 Å². The fourth-order valence-corrected chi connectivity index (χ4v) is 2.80. The molecule has 1 aromatic heterocycles. The number of nitrogens with zero attached hydrogens (tertiary/aromatic N) is 2. The fourth-order valence-electron chi connectivity index (χ4n) is 2.52. The SMILES string of the molecule is O=C(NCCN1CCOCC1)c1cnc2c(S)cccc2c1. The smallest absolute Gasteiger partial charge is 0.252 e. The Bertz CT molecular complexity index is 671. The predicted octanol–water partition coefficient (Wildman–Crippen LogP) is 1.59. The number of rotatable bonds is 4. The van der Waals surface area contributed by atoms with Gasteiger partial charge in [-0.3, -0.25) is 14.7 Å². The van der Waals surface area contributed by atoms with Crippen molar-refractivity contribution in [2.24, 2.45) is 0 Å². The van der Waals surface area contributed by atoms with E-state index < -0.39 is 0 Å². The third-order valence-corrected chi connectivity index (χ3v) is 4.13. The Morgan fingerprint density at radius 2 is 2.18 bits per heavy atom. The van der Waals surface area contributed by atoms with Gasteiger partial charge in [0.25, 0.3) is 5.91 Å². The molecule has 1 aliphatic heterocycles. The lowest BCUT2D eigenvalue weighted by atomic mass is 10.1. The Morgan fingerprint density at radius 3 is 3.00 bits per heavy atom. The highest BCUT2D eigenvalue weighted by atomic mass is 32.1. The molecule has 0 bridgehead atoms.